The number of carbonyl (C=O) groups excluding carboxylic acids is 2. The summed E-state index contributed by atoms with van der Waals surface area (Å²) in [6.07, 6.45) is 3.20. The van der Waals surface area contributed by atoms with Crippen LogP contribution >= 0.6 is 0 Å². The molecule has 0 aromatic heterocycles. The van der Waals surface area contributed by atoms with E-state index in [4.69, 9.17) is 14.2 Å². The van der Waals surface area contributed by atoms with Gasteiger partial charge >= 0.3 is 0 Å². The van der Waals surface area contributed by atoms with Gasteiger partial charge in [-0.1, -0.05) is 0 Å². The molecule has 1 aliphatic rings. The van der Waals surface area contributed by atoms with Crippen molar-refractivity contribution in [3.8, 4) is 17.2 Å². The Morgan fingerprint density at radius 2 is 1.42 bits per heavy atom. The van der Waals surface area contributed by atoms with E-state index in [1.165, 1.54) is 21.3 Å². The lowest BCUT2D eigenvalue weighted by atomic mass is 9.96. The summed E-state index contributed by atoms with van der Waals surface area (Å²) in [5.41, 5.74) is 1.58. The van der Waals surface area contributed by atoms with Crippen LogP contribution in [0.25, 0.3) is 0 Å². The fourth-order valence-corrected chi connectivity index (χ4v) is 4.08. The number of amides is 2. The molecule has 2 aromatic rings. The average Bonchev–Trinajstić information content (AvgIpc) is 2.78. The third kappa shape index (κ3) is 4.76. The highest BCUT2D eigenvalue weighted by atomic mass is 16.5. The number of nitrogens with zero attached hydrogens (tertiary/aromatic N) is 1. The highest BCUT2D eigenvalue weighted by molar-refractivity contribution is 6.05. The van der Waals surface area contributed by atoms with Gasteiger partial charge in [0.05, 0.1) is 21.3 Å². The number of hydrogen-bond donors (Lipinski definition) is 1. The predicted molar refractivity (Wildman–Crippen MR) is 119 cm³/mol. The monoisotopic (exact) mass is 426 g/mol. The lowest BCUT2D eigenvalue weighted by Crippen LogP contribution is -2.47. The normalized spacial score (nSPS) is 18.3. The molecule has 1 heterocycles. The average molecular weight is 427 g/mol. The van der Waals surface area contributed by atoms with Gasteiger partial charge in [0.2, 0.25) is 5.75 Å². The maximum absolute atomic E-state index is 13.0. The van der Waals surface area contributed by atoms with Crippen molar-refractivity contribution in [2.45, 2.75) is 45.2 Å². The van der Waals surface area contributed by atoms with Crippen molar-refractivity contribution in [2.75, 3.05) is 26.6 Å². The number of piperidine rings is 1. The number of likely N-dealkylation sites (tertiary alicyclic amines) is 1. The molecule has 7 nitrogen and oxygen atoms in total. The van der Waals surface area contributed by atoms with Crippen LogP contribution in [0.15, 0.2) is 36.4 Å². The van der Waals surface area contributed by atoms with Crippen molar-refractivity contribution in [1.29, 1.82) is 0 Å². The fourth-order valence-electron chi connectivity index (χ4n) is 4.08. The van der Waals surface area contributed by atoms with Crippen molar-refractivity contribution in [2.24, 2.45) is 0 Å². The molecule has 0 aliphatic carbocycles. The largest absolute Gasteiger partial charge is 0.493 e. The van der Waals surface area contributed by atoms with E-state index in [9.17, 15) is 9.59 Å². The zero-order valence-electron chi connectivity index (χ0n) is 18.7. The summed E-state index contributed by atoms with van der Waals surface area (Å²) in [6, 6.07) is 10.6. The van der Waals surface area contributed by atoms with Gasteiger partial charge < -0.3 is 24.4 Å². The van der Waals surface area contributed by atoms with Gasteiger partial charge in [-0.2, -0.15) is 0 Å². The van der Waals surface area contributed by atoms with Crippen LogP contribution in [-0.4, -0.2) is 50.1 Å². The smallest absolute Gasteiger partial charge is 0.255 e. The summed E-state index contributed by atoms with van der Waals surface area (Å²) < 4.78 is 15.9. The molecule has 0 unspecified atom stereocenters. The molecule has 1 N–H and O–H groups in total. The number of anilines is 1. The van der Waals surface area contributed by atoms with E-state index in [2.05, 4.69) is 19.2 Å². The Morgan fingerprint density at radius 3 is 1.90 bits per heavy atom. The lowest BCUT2D eigenvalue weighted by molar-refractivity contribution is 0.0510. The predicted octanol–water partition coefficient (Wildman–Crippen LogP) is 4.37. The molecular weight excluding hydrogens is 396 g/mol. The molecule has 3 rings (SSSR count). The Labute approximate surface area is 183 Å². The van der Waals surface area contributed by atoms with Crippen LogP contribution in [0.2, 0.25) is 0 Å². The molecule has 0 saturated carbocycles. The van der Waals surface area contributed by atoms with Gasteiger partial charge in [-0.05, 0) is 69.5 Å². The van der Waals surface area contributed by atoms with Crippen molar-refractivity contribution in [3.05, 3.63) is 47.5 Å². The topological polar surface area (TPSA) is 77.1 Å². The van der Waals surface area contributed by atoms with E-state index in [-0.39, 0.29) is 23.9 Å². The SMILES string of the molecule is COc1cc(C(=O)Nc2ccc(C(=O)N3[C@H](C)CCC[C@@H]3C)cc2)cc(OC)c1OC. The number of nitrogens with one attached hydrogen (secondary N) is 1. The number of hydrogen-bond acceptors (Lipinski definition) is 5. The summed E-state index contributed by atoms with van der Waals surface area (Å²) in [4.78, 5) is 27.7. The van der Waals surface area contributed by atoms with Gasteiger partial charge in [-0.25, -0.2) is 0 Å². The van der Waals surface area contributed by atoms with Gasteiger partial charge in [0.25, 0.3) is 11.8 Å². The fraction of sp³-hybridized carbons (Fsp3) is 0.417. The second-order valence-corrected chi connectivity index (χ2v) is 7.79. The number of ether oxygens (including phenoxy) is 3. The molecular formula is C24H30N2O5. The van der Waals surface area contributed by atoms with Crippen molar-refractivity contribution >= 4 is 17.5 Å². The van der Waals surface area contributed by atoms with Crippen LogP contribution in [0.3, 0.4) is 0 Å². The van der Waals surface area contributed by atoms with Crippen LogP contribution in [0.5, 0.6) is 17.2 Å². The third-order valence-corrected chi connectivity index (χ3v) is 5.74. The van der Waals surface area contributed by atoms with Crippen molar-refractivity contribution in [1.82, 2.24) is 4.90 Å². The van der Waals surface area contributed by atoms with Crippen LogP contribution in [-0.2, 0) is 0 Å². The number of benzene rings is 2. The van der Waals surface area contributed by atoms with E-state index in [1.54, 1.807) is 36.4 Å². The second kappa shape index (κ2) is 9.73. The first-order chi connectivity index (χ1) is 14.9. The van der Waals surface area contributed by atoms with Crippen LogP contribution < -0.4 is 19.5 Å². The zero-order valence-corrected chi connectivity index (χ0v) is 18.7. The molecule has 0 radical (unpaired) electrons. The maximum Gasteiger partial charge on any atom is 0.255 e. The van der Waals surface area contributed by atoms with E-state index >= 15 is 0 Å². The second-order valence-electron chi connectivity index (χ2n) is 7.79. The highest BCUT2D eigenvalue weighted by Gasteiger charge is 2.29. The molecule has 0 spiro atoms. The summed E-state index contributed by atoms with van der Waals surface area (Å²) in [6.45, 7) is 4.19. The molecule has 2 aromatic carbocycles. The van der Waals surface area contributed by atoms with E-state index in [0.29, 0.717) is 34.1 Å². The minimum atomic E-state index is -0.323. The Kier molecular flexibility index (Phi) is 7.05. The van der Waals surface area contributed by atoms with Gasteiger partial charge in [0.1, 0.15) is 0 Å². The van der Waals surface area contributed by atoms with Crippen molar-refractivity contribution in [3.63, 3.8) is 0 Å². The van der Waals surface area contributed by atoms with Crippen molar-refractivity contribution < 1.29 is 23.8 Å². The Bertz CT molecular complexity index is 906. The number of rotatable bonds is 6. The summed E-state index contributed by atoms with van der Waals surface area (Å²) in [5.74, 6) is 0.930. The molecule has 7 heteroatoms. The van der Waals surface area contributed by atoms with Crippen LogP contribution in [0.1, 0.15) is 53.8 Å². The maximum atomic E-state index is 13.0. The number of carbonyl (C=O) groups is 2. The summed E-state index contributed by atoms with van der Waals surface area (Å²) >= 11 is 0. The van der Waals surface area contributed by atoms with Gasteiger partial charge in [0, 0.05) is 28.9 Å². The summed E-state index contributed by atoms with van der Waals surface area (Å²) in [5, 5.41) is 2.85. The minimum Gasteiger partial charge on any atom is -0.493 e. The van der Waals surface area contributed by atoms with E-state index in [0.717, 1.165) is 19.3 Å². The minimum absolute atomic E-state index is 0.0298. The standard InChI is InChI=1S/C24H30N2O5/c1-15-7-6-8-16(2)26(15)24(28)17-9-11-19(12-10-17)25-23(27)18-13-20(29-3)22(31-5)21(14-18)30-4/h9-16H,6-8H2,1-5H3,(H,25,27)/t15-,16+. The molecule has 1 aliphatic heterocycles. The summed E-state index contributed by atoms with van der Waals surface area (Å²) in [7, 11) is 4.51. The molecule has 2 atom stereocenters. The molecule has 1 fully saturated rings. The third-order valence-electron chi connectivity index (χ3n) is 5.74. The van der Waals surface area contributed by atoms with Gasteiger partial charge in [-0.3, -0.25) is 9.59 Å². The van der Waals surface area contributed by atoms with Gasteiger partial charge in [0.15, 0.2) is 11.5 Å². The Balaban J connectivity index is 1.75. The Hall–Kier alpha value is -3.22. The molecule has 1 saturated heterocycles. The first-order valence-electron chi connectivity index (χ1n) is 10.4. The van der Waals surface area contributed by atoms with E-state index in [1.807, 2.05) is 4.90 Å². The zero-order chi connectivity index (χ0) is 22.5. The van der Waals surface area contributed by atoms with Crippen LogP contribution in [0, 0.1) is 0 Å². The van der Waals surface area contributed by atoms with Gasteiger partial charge in [-0.15, -0.1) is 0 Å². The lowest BCUT2D eigenvalue weighted by Gasteiger charge is -2.39. The first-order valence-corrected chi connectivity index (χ1v) is 10.4. The van der Waals surface area contributed by atoms with E-state index < -0.39 is 0 Å². The Morgan fingerprint density at radius 1 is 0.871 bits per heavy atom. The highest BCUT2D eigenvalue weighted by Crippen LogP contribution is 2.38. The number of methoxy groups -OCH3 is 3. The molecule has 166 valence electrons. The quantitative estimate of drug-likeness (QED) is 0.742. The first kappa shape index (κ1) is 22.5. The molecule has 0 bridgehead atoms. The van der Waals surface area contributed by atoms with Crippen LogP contribution in [0.4, 0.5) is 5.69 Å². The molecule has 31 heavy (non-hydrogen) atoms. The molecule has 2 amide bonds.